The average Bonchev–Trinajstić information content (AvgIpc) is 2.89. The number of nitrogens with zero attached hydrogens (tertiary/aromatic N) is 2. The summed E-state index contributed by atoms with van der Waals surface area (Å²) in [6.45, 7) is 1.09. The highest BCUT2D eigenvalue weighted by molar-refractivity contribution is 6.35. The molecule has 1 aromatic carbocycles. The summed E-state index contributed by atoms with van der Waals surface area (Å²) >= 11 is 11.8. The zero-order valence-corrected chi connectivity index (χ0v) is 22.3. The maximum absolute atomic E-state index is 12.4. The first kappa shape index (κ1) is 32.9. The number of halogens is 5. The lowest BCUT2D eigenvalue weighted by molar-refractivity contribution is -0.192. The molecule has 41 heavy (non-hydrogen) atoms. The summed E-state index contributed by atoms with van der Waals surface area (Å²) < 4.78 is 31.7. The first-order valence-corrected chi connectivity index (χ1v) is 12.2. The minimum Gasteiger partial charge on any atom is -0.506 e. The molecule has 0 aliphatic carbocycles. The van der Waals surface area contributed by atoms with Crippen LogP contribution < -0.4 is 21.3 Å². The Morgan fingerprint density at radius 1 is 1.12 bits per heavy atom. The maximum Gasteiger partial charge on any atom is 0.490 e. The number of aromatic hydroxyl groups is 1. The molecule has 1 aliphatic heterocycles. The van der Waals surface area contributed by atoms with Crippen molar-refractivity contribution in [3.05, 3.63) is 51.8 Å². The number of hydrogen-bond donors (Lipinski definition) is 7. The van der Waals surface area contributed by atoms with Gasteiger partial charge in [0, 0.05) is 23.7 Å². The van der Waals surface area contributed by atoms with Crippen LogP contribution in [0.3, 0.4) is 0 Å². The lowest BCUT2D eigenvalue weighted by Gasteiger charge is -2.19. The summed E-state index contributed by atoms with van der Waals surface area (Å²) in [6, 6.07) is 4.60. The minimum atomic E-state index is -5.08. The van der Waals surface area contributed by atoms with Crippen molar-refractivity contribution in [2.45, 2.75) is 25.1 Å². The highest BCUT2D eigenvalue weighted by atomic mass is 35.5. The van der Waals surface area contributed by atoms with Crippen LogP contribution in [0.25, 0.3) is 0 Å². The number of hydrogen-bond acceptors (Lipinski definition) is 9. The number of phenolic OH excluding ortho intramolecular Hbond substituents is 1. The van der Waals surface area contributed by atoms with Gasteiger partial charge in [0.25, 0.3) is 5.91 Å². The molecule has 0 bridgehead atoms. The van der Waals surface area contributed by atoms with Crippen molar-refractivity contribution in [1.29, 1.82) is 0 Å². The van der Waals surface area contributed by atoms with E-state index in [0.717, 1.165) is 19.5 Å². The van der Waals surface area contributed by atoms with Gasteiger partial charge in [0.05, 0.1) is 35.9 Å². The van der Waals surface area contributed by atoms with E-state index < -0.39 is 54.7 Å². The van der Waals surface area contributed by atoms with Crippen LogP contribution in [0.2, 0.25) is 10.0 Å². The standard InChI is InChI=1S/C21H22Cl2N6O5.C2HF3O2/c22-11-6-13(19(33)14(23)7-11)16(8-18(31)32)29-17(30)10-27-20(34)15-3-2-12(9-26-15)28-21-24-4-1-5-25-21;3-2(4,5)1(6)7/h2-3,6-7,9,16,33H,1,4-5,8,10H2,(H,27,34)(H,29,30)(H,31,32)(H2,24,25,28);(H,6,7). The Bertz CT molecular complexity index is 1310. The van der Waals surface area contributed by atoms with Gasteiger partial charge in [-0.2, -0.15) is 13.2 Å². The van der Waals surface area contributed by atoms with Gasteiger partial charge in [-0.1, -0.05) is 23.2 Å². The quantitative estimate of drug-likeness (QED) is 0.229. The van der Waals surface area contributed by atoms with E-state index in [9.17, 15) is 37.8 Å². The third-order valence-corrected chi connectivity index (χ3v) is 5.46. The molecular weight excluding hydrogens is 600 g/mol. The van der Waals surface area contributed by atoms with E-state index >= 15 is 0 Å². The third-order valence-electron chi connectivity index (χ3n) is 4.96. The van der Waals surface area contributed by atoms with Gasteiger partial charge in [-0.25, -0.2) is 9.78 Å². The fraction of sp³-hybridized carbons (Fsp3) is 0.304. The largest absolute Gasteiger partial charge is 0.506 e. The van der Waals surface area contributed by atoms with Gasteiger partial charge in [-0.3, -0.25) is 19.4 Å². The Balaban J connectivity index is 0.000000745. The Morgan fingerprint density at radius 2 is 1.80 bits per heavy atom. The highest BCUT2D eigenvalue weighted by Crippen LogP contribution is 2.36. The van der Waals surface area contributed by atoms with Crippen molar-refractivity contribution in [1.82, 2.24) is 20.9 Å². The minimum absolute atomic E-state index is 0.0430. The molecule has 18 heteroatoms. The molecule has 0 saturated heterocycles. The summed E-state index contributed by atoms with van der Waals surface area (Å²) in [5.74, 6) is -5.03. The number of amides is 2. The number of rotatable bonds is 8. The lowest BCUT2D eigenvalue weighted by Crippen LogP contribution is -2.39. The third kappa shape index (κ3) is 11.0. The Hall–Kier alpha value is -4.31. The van der Waals surface area contributed by atoms with E-state index in [1.54, 1.807) is 6.07 Å². The van der Waals surface area contributed by atoms with Crippen LogP contribution >= 0.6 is 23.2 Å². The molecule has 13 nitrogen and oxygen atoms in total. The van der Waals surface area contributed by atoms with E-state index in [2.05, 4.69) is 31.2 Å². The number of carboxylic acid groups (broad SMARTS) is 2. The van der Waals surface area contributed by atoms with E-state index in [1.165, 1.54) is 24.4 Å². The van der Waals surface area contributed by atoms with Crippen molar-refractivity contribution in [2.75, 3.05) is 25.0 Å². The van der Waals surface area contributed by atoms with Gasteiger partial charge in [0.2, 0.25) is 5.91 Å². The highest BCUT2D eigenvalue weighted by Gasteiger charge is 2.38. The summed E-state index contributed by atoms with van der Waals surface area (Å²) in [5.41, 5.74) is 0.763. The number of carbonyl (C=O) groups excluding carboxylic acids is 2. The molecule has 7 N–H and O–H groups in total. The summed E-state index contributed by atoms with van der Waals surface area (Å²) in [5, 5.41) is 37.6. The molecule has 1 atom stereocenters. The van der Waals surface area contributed by atoms with Crippen molar-refractivity contribution >= 4 is 58.6 Å². The SMILES string of the molecule is O=C(O)C(F)(F)F.O=C(O)CC(NC(=O)CNC(=O)c1ccc(NC2=NCCCN2)cn1)c1cc(Cl)cc(Cl)c1O. The first-order valence-electron chi connectivity index (χ1n) is 11.5. The van der Waals surface area contributed by atoms with Crippen molar-refractivity contribution in [2.24, 2.45) is 4.99 Å². The van der Waals surface area contributed by atoms with Gasteiger partial charge in [-0.15, -0.1) is 0 Å². The smallest absolute Gasteiger partial charge is 0.490 e. The van der Waals surface area contributed by atoms with Crippen molar-refractivity contribution in [3.63, 3.8) is 0 Å². The lowest BCUT2D eigenvalue weighted by atomic mass is 10.0. The molecular formula is C23H23Cl2F3N6O7. The Kier molecular flexibility index (Phi) is 12.0. The number of nitrogens with one attached hydrogen (secondary N) is 4. The zero-order chi connectivity index (χ0) is 30.7. The van der Waals surface area contributed by atoms with Crippen LogP contribution in [0.15, 0.2) is 35.5 Å². The molecule has 2 amide bonds. The molecule has 0 radical (unpaired) electrons. The molecule has 0 spiro atoms. The summed E-state index contributed by atoms with van der Waals surface area (Å²) in [4.78, 5) is 53.2. The van der Waals surface area contributed by atoms with Gasteiger partial charge in [0.15, 0.2) is 5.96 Å². The Labute approximate surface area is 239 Å². The number of benzene rings is 1. The monoisotopic (exact) mass is 622 g/mol. The Morgan fingerprint density at radius 3 is 2.34 bits per heavy atom. The number of carboxylic acids is 2. The number of guanidine groups is 1. The number of alkyl halides is 3. The summed E-state index contributed by atoms with van der Waals surface area (Å²) in [6.07, 6.45) is -3.20. The molecule has 0 fully saturated rings. The topological polar surface area (TPSA) is 202 Å². The fourth-order valence-electron chi connectivity index (χ4n) is 3.12. The molecule has 2 heterocycles. The van der Waals surface area contributed by atoms with Crippen LogP contribution in [0.4, 0.5) is 18.9 Å². The number of carbonyl (C=O) groups is 4. The van der Waals surface area contributed by atoms with Crippen LogP contribution in [0.5, 0.6) is 5.75 Å². The van der Waals surface area contributed by atoms with Gasteiger partial charge >= 0.3 is 18.1 Å². The predicted molar refractivity (Wildman–Crippen MR) is 140 cm³/mol. The second kappa shape index (κ2) is 14.9. The molecule has 0 saturated carbocycles. The fourth-order valence-corrected chi connectivity index (χ4v) is 3.63. The molecule has 2 aromatic rings. The van der Waals surface area contributed by atoms with Crippen molar-refractivity contribution < 1.29 is 47.7 Å². The molecule has 222 valence electrons. The van der Waals surface area contributed by atoms with E-state index in [0.29, 0.717) is 11.6 Å². The van der Waals surface area contributed by atoms with Gasteiger partial charge < -0.3 is 36.6 Å². The second-order valence-corrected chi connectivity index (χ2v) is 8.94. The zero-order valence-electron chi connectivity index (χ0n) is 20.8. The molecule has 1 aromatic heterocycles. The van der Waals surface area contributed by atoms with Crippen LogP contribution in [-0.4, -0.2) is 75.8 Å². The second-order valence-electron chi connectivity index (χ2n) is 8.10. The van der Waals surface area contributed by atoms with Gasteiger partial charge in [-0.05, 0) is 30.7 Å². The number of aliphatic carboxylic acids is 2. The van der Waals surface area contributed by atoms with Crippen LogP contribution in [-0.2, 0) is 14.4 Å². The van der Waals surface area contributed by atoms with Gasteiger partial charge in [0.1, 0.15) is 11.4 Å². The normalized spacial score (nSPS) is 13.3. The first-order chi connectivity index (χ1) is 19.2. The van der Waals surface area contributed by atoms with E-state index in [4.69, 9.17) is 33.1 Å². The molecule has 3 rings (SSSR count). The molecule has 1 unspecified atom stereocenters. The number of aliphatic imine (C=N–C) groups is 1. The summed E-state index contributed by atoms with van der Waals surface area (Å²) in [7, 11) is 0. The van der Waals surface area contributed by atoms with E-state index in [1.807, 2.05) is 0 Å². The average molecular weight is 623 g/mol. The number of anilines is 1. The number of phenols is 1. The van der Waals surface area contributed by atoms with Crippen LogP contribution in [0.1, 0.15) is 34.9 Å². The maximum atomic E-state index is 12.4. The van der Waals surface area contributed by atoms with Crippen LogP contribution in [0, 0.1) is 0 Å². The van der Waals surface area contributed by atoms with Crippen molar-refractivity contribution in [3.8, 4) is 5.75 Å². The van der Waals surface area contributed by atoms with E-state index in [-0.39, 0.29) is 21.3 Å². The number of pyridine rings is 1. The predicted octanol–water partition coefficient (Wildman–Crippen LogP) is 2.55. The molecule has 1 aliphatic rings. The number of aromatic nitrogens is 1.